The van der Waals surface area contributed by atoms with E-state index in [1.54, 1.807) is 18.2 Å². The number of aliphatic carboxylic acids is 1. The van der Waals surface area contributed by atoms with Crippen molar-refractivity contribution in [1.29, 1.82) is 0 Å². The maximum atomic E-state index is 13.4. The van der Waals surface area contributed by atoms with Crippen LogP contribution in [-0.4, -0.2) is 17.7 Å². The lowest BCUT2D eigenvalue weighted by molar-refractivity contribution is -0.139. The zero-order chi connectivity index (χ0) is 23.1. The molecule has 0 amide bonds. The second-order valence-corrected chi connectivity index (χ2v) is 7.89. The normalized spacial score (nSPS) is 11.8. The van der Waals surface area contributed by atoms with E-state index in [-0.39, 0.29) is 18.5 Å². The van der Waals surface area contributed by atoms with Gasteiger partial charge in [0, 0.05) is 0 Å². The van der Waals surface area contributed by atoms with E-state index >= 15 is 0 Å². The first-order chi connectivity index (χ1) is 15.4. The highest BCUT2D eigenvalue weighted by molar-refractivity contribution is 5.69. The summed E-state index contributed by atoms with van der Waals surface area (Å²) in [6.07, 6.45) is 2.79. The van der Waals surface area contributed by atoms with Crippen LogP contribution in [-0.2, 0) is 4.79 Å². The third-order valence-corrected chi connectivity index (χ3v) is 5.47. The third-order valence-electron chi connectivity index (χ3n) is 5.47. The second kappa shape index (κ2) is 10.8. The molecule has 0 radical (unpaired) electrons. The van der Waals surface area contributed by atoms with Crippen molar-refractivity contribution in [3.63, 3.8) is 0 Å². The van der Waals surface area contributed by atoms with E-state index in [1.807, 2.05) is 31.2 Å². The molecule has 0 aliphatic heterocycles. The van der Waals surface area contributed by atoms with Gasteiger partial charge in [0.1, 0.15) is 23.4 Å². The molecule has 4 nitrogen and oxygen atoms in total. The molecule has 0 aliphatic rings. The minimum atomic E-state index is -1.01. The van der Waals surface area contributed by atoms with Crippen LogP contribution < -0.4 is 9.47 Å². The van der Waals surface area contributed by atoms with Crippen LogP contribution in [0.3, 0.4) is 0 Å². The van der Waals surface area contributed by atoms with Gasteiger partial charge in [0.2, 0.25) is 0 Å². The summed E-state index contributed by atoms with van der Waals surface area (Å²) in [5, 5.41) is 8.82. The van der Waals surface area contributed by atoms with Crippen molar-refractivity contribution >= 4 is 5.97 Å². The minimum absolute atomic E-state index is 0.138. The average molecular weight is 437 g/mol. The van der Waals surface area contributed by atoms with Gasteiger partial charge in [-0.25, -0.2) is 9.18 Å². The number of carboxylic acid groups (broad SMARTS) is 1. The smallest absolute Gasteiger partial charge is 0.341 e. The monoisotopic (exact) mass is 436 g/mol. The molecule has 1 N–H and O–H groups in total. The second-order valence-electron chi connectivity index (χ2n) is 7.89. The summed E-state index contributed by atoms with van der Waals surface area (Å²) < 4.78 is 25.1. The molecule has 0 fully saturated rings. The quantitative estimate of drug-likeness (QED) is 0.376. The number of hydrogen-bond acceptors (Lipinski definition) is 3. The molecule has 0 bridgehead atoms. The van der Waals surface area contributed by atoms with Gasteiger partial charge in [0.15, 0.2) is 6.61 Å². The Hall–Kier alpha value is -3.34. The lowest BCUT2D eigenvalue weighted by Crippen LogP contribution is -2.11. The number of carbonyl (C=O) groups is 1. The van der Waals surface area contributed by atoms with Crippen LogP contribution in [0.2, 0.25) is 0 Å². The Morgan fingerprint density at radius 2 is 1.81 bits per heavy atom. The molecule has 1 unspecified atom stereocenters. The van der Waals surface area contributed by atoms with E-state index in [9.17, 15) is 9.18 Å². The van der Waals surface area contributed by atoms with Gasteiger partial charge in [-0.1, -0.05) is 43.7 Å². The van der Waals surface area contributed by atoms with E-state index in [4.69, 9.17) is 14.6 Å². The predicted molar refractivity (Wildman–Crippen MR) is 124 cm³/mol. The van der Waals surface area contributed by atoms with Gasteiger partial charge in [-0.15, -0.1) is 0 Å². The van der Waals surface area contributed by atoms with Gasteiger partial charge < -0.3 is 14.6 Å². The molecule has 0 saturated carbocycles. The van der Waals surface area contributed by atoms with E-state index in [0.29, 0.717) is 11.5 Å². The molecule has 5 heteroatoms. The summed E-state index contributed by atoms with van der Waals surface area (Å²) in [6.45, 7) is 5.71. The molecule has 3 aromatic carbocycles. The Labute approximate surface area is 188 Å². The molecule has 0 aromatic heterocycles. The molecule has 0 spiro atoms. The van der Waals surface area contributed by atoms with Gasteiger partial charge in [0.25, 0.3) is 0 Å². The predicted octanol–water partition coefficient (Wildman–Crippen LogP) is 6.88. The lowest BCUT2D eigenvalue weighted by Gasteiger charge is -2.23. The average Bonchev–Trinajstić information content (AvgIpc) is 2.77. The van der Waals surface area contributed by atoms with Crippen LogP contribution >= 0.6 is 0 Å². The van der Waals surface area contributed by atoms with Crippen molar-refractivity contribution in [3.8, 4) is 22.6 Å². The van der Waals surface area contributed by atoms with Crippen LogP contribution in [0.1, 0.15) is 49.0 Å². The van der Waals surface area contributed by atoms with Crippen LogP contribution in [0.4, 0.5) is 4.39 Å². The van der Waals surface area contributed by atoms with Gasteiger partial charge in [-0.05, 0) is 84.8 Å². The first-order valence-electron chi connectivity index (χ1n) is 10.9. The number of rotatable bonds is 10. The fourth-order valence-corrected chi connectivity index (χ4v) is 3.77. The molecule has 0 heterocycles. The van der Waals surface area contributed by atoms with Crippen molar-refractivity contribution in [1.82, 2.24) is 0 Å². The zero-order valence-corrected chi connectivity index (χ0v) is 18.7. The van der Waals surface area contributed by atoms with Gasteiger partial charge in [-0.3, -0.25) is 0 Å². The minimum Gasteiger partial charge on any atom is -0.486 e. The van der Waals surface area contributed by atoms with Crippen molar-refractivity contribution in [2.24, 2.45) is 0 Å². The van der Waals surface area contributed by atoms with Crippen molar-refractivity contribution in [3.05, 3.63) is 83.2 Å². The van der Waals surface area contributed by atoms with Crippen LogP contribution in [0, 0.1) is 19.7 Å². The topological polar surface area (TPSA) is 55.8 Å². The number of unbranched alkanes of at least 4 members (excludes halogenated alkanes) is 1. The van der Waals surface area contributed by atoms with Crippen LogP contribution in [0.25, 0.3) is 11.1 Å². The Morgan fingerprint density at radius 1 is 1.06 bits per heavy atom. The molecule has 32 heavy (non-hydrogen) atoms. The molecular weight excluding hydrogens is 407 g/mol. The molecule has 3 rings (SSSR count). The maximum absolute atomic E-state index is 13.4. The summed E-state index contributed by atoms with van der Waals surface area (Å²) in [4.78, 5) is 10.8. The third kappa shape index (κ3) is 5.88. The zero-order valence-electron chi connectivity index (χ0n) is 18.7. The Kier molecular flexibility index (Phi) is 7.87. The molecular formula is C27H29FO4. The highest BCUT2D eigenvalue weighted by atomic mass is 19.1. The highest BCUT2D eigenvalue weighted by Crippen LogP contribution is 2.35. The Bertz CT molecular complexity index is 1060. The number of ether oxygens (including phenoxy) is 2. The van der Waals surface area contributed by atoms with Crippen molar-refractivity contribution in [2.45, 2.75) is 46.1 Å². The van der Waals surface area contributed by atoms with E-state index in [0.717, 1.165) is 47.1 Å². The fraction of sp³-hybridized carbons (Fsp3) is 0.296. The maximum Gasteiger partial charge on any atom is 0.341 e. The van der Waals surface area contributed by atoms with E-state index in [1.165, 1.54) is 12.1 Å². The first kappa shape index (κ1) is 23.3. The lowest BCUT2D eigenvalue weighted by atomic mass is 9.92. The fourth-order valence-electron chi connectivity index (χ4n) is 3.77. The van der Waals surface area contributed by atoms with Gasteiger partial charge in [0.05, 0.1) is 0 Å². The van der Waals surface area contributed by atoms with E-state index in [2.05, 4.69) is 19.9 Å². The molecule has 0 saturated heterocycles. The van der Waals surface area contributed by atoms with Crippen molar-refractivity contribution < 1.29 is 23.8 Å². The molecule has 168 valence electrons. The summed E-state index contributed by atoms with van der Waals surface area (Å²) in [5.41, 5.74) is 5.05. The van der Waals surface area contributed by atoms with Gasteiger partial charge >= 0.3 is 5.97 Å². The van der Waals surface area contributed by atoms with Crippen LogP contribution in [0.15, 0.2) is 60.7 Å². The summed E-state index contributed by atoms with van der Waals surface area (Å²) in [6, 6.07) is 18.1. The van der Waals surface area contributed by atoms with Crippen molar-refractivity contribution in [2.75, 3.05) is 6.61 Å². The van der Waals surface area contributed by atoms with E-state index < -0.39 is 5.97 Å². The summed E-state index contributed by atoms with van der Waals surface area (Å²) in [7, 11) is 0. The Balaban J connectivity index is 1.88. The molecule has 1 atom stereocenters. The number of carboxylic acids is 1. The number of aryl methyl sites for hydroxylation is 1. The number of benzene rings is 3. The van der Waals surface area contributed by atoms with Crippen LogP contribution in [0.5, 0.6) is 11.5 Å². The summed E-state index contributed by atoms with van der Waals surface area (Å²) >= 11 is 0. The Morgan fingerprint density at radius 3 is 2.47 bits per heavy atom. The first-order valence-corrected chi connectivity index (χ1v) is 10.9. The highest BCUT2D eigenvalue weighted by Gasteiger charge is 2.18. The SMILES string of the molecule is CCCCC(Oc1ccc(OCC(=O)O)c(C)c1)c1cccc(-c2ccc(F)cc2)c1C. The number of halogens is 1. The number of hydrogen-bond donors (Lipinski definition) is 1. The summed E-state index contributed by atoms with van der Waals surface area (Å²) in [5.74, 6) is -0.0315. The van der Waals surface area contributed by atoms with Gasteiger partial charge in [-0.2, -0.15) is 0 Å². The largest absolute Gasteiger partial charge is 0.486 e. The molecule has 3 aromatic rings. The standard InChI is InChI=1S/C27H29FO4/c1-4-5-9-26(32-22-14-15-25(18(2)16-22)31-17-27(29)30)24-8-6-7-23(19(24)3)20-10-12-21(28)13-11-20/h6-8,10-16,26H,4-5,9,17H2,1-3H3,(H,29,30). The molecule has 0 aliphatic carbocycles.